The number of rotatable bonds is 3. The van der Waals surface area contributed by atoms with Gasteiger partial charge in [0.1, 0.15) is 22.3 Å². The van der Waals surface area contributed by atoms with Crippen LogP contribution >= 0.6 is 0 Å². The molecule has 0 saturated heterocycles. The molecular formula is C88H61NO2. The number of para-hydroxylation sites is 2. The number of fused-ring (bicyclic) bond motifs is 32. The summed E-state index contributed by atoms with van der Waals surface area (Å²) in [7, 11) is 0. The van der Waals surface area contributed by atoms with Crippen LogP contribution in [0.5, 0.6) is 0 Å². The van der Waals surface area contributed by atoms with Gasteiger partial charge in [-0.25, -0.2) is 0 Å². The largest absolute Gasteiger partial charge is 0.456 e. The van der Waals surface area contributed by atoms with Crippen molar-refractivity contribution in [3.05, 3.63) is 327 Å². The first kappa shape index (κ1) is 51.2. The maximum atomic E-state index is 7.15. The monoisotopic (exact) mass is 1160 g/mol. The molecule has 20 rings (SSSR count). The second-order valence-electron chi connectivity index (χ2n) is 27.4. The number of furan rings is 2. The zero-order chi connectivity index (χ0) is 60.4. The summed E-state index contributed by atoms with van der Waals surface area (Å²) in [6, 6.07) is 96.7. The van der Waals surface area contributed by atoms with Crippen molar-refractivity contribution in [3.63, 3.8) is 0 Å². The minimum absolute atomic E-state index is 0.242. The average molecular weight is 1160 g/mol. The van der Waals surface area contributed by atoms with Crippen LogP contribution < -0.4 is 4.90 Å². The van der Waals surface area contributed by atoms with E-state index >= 15 is 0 Å². The normalized spacial score (nSPS) is 15.0. The van der Waals surface area contributed by atoms with Crippen molar-refractivity contribution in [2.45, 2.75) is 63.7 Å². The van der Waals surface area contributed by atoms with Crippen LogP contribution in [0.2, 0.25) is 0 Å². The van der Waals surface area contributed by atoms with Crippen LogP contribution in [-0.2, 0) is 29.1 Å². The van der Waals surface area contributed by atoms with Gasteiger partial charge in [0.05, 0.1) is 5.41 Å². The predicted octanol–water partition coefficient (Wildman–Crippen LogP) is 23.0. The summed E-state index contributed by atoms with van der Waals surface area (Å²) >= 11 is 0. The third kappa shape index (κ3) is 6.62. The van der Waals surface area contributed by atoms with Gasteiger partial charge in [-0.3, -0.25) is 0 Å². The molecule has 5 aliphatic carbocycles. The van der Waals surface area contributed by atoms with Crippen molar-refractivity contribution in [2.24, 2.45) is 0 Å². The first-order chi connectivity index (χ1) is 44.6. The van der Waals surface area contributed by atoms with E-state index < -0.39 is 5.41 Å². The van der Waals surface area contributed by atoms with E-state index in [2.05, 4.69) is 294 Å². The zero-order valence-electron chi connectivity index (χ0n) is 51.4. The van der Waals surface area contributed by atoms with E-state index in [1.807, 2.05) is 0 Å². The Morgan fingerprint density at radius 2 is 0.813 bits per heavy atom. The molecule has 0 amide bonds. The van der Waals surface area contributed by atoms with Crippen molar-refractivity contribution in [1.82, 2.24) is 0 Å². The maximum absolute atomic E-state index is 7.15. The Morgan fingerprint density at radius 3 is 1.51 bits per heavy atom. The van der Waals surface area contributed by atoms with E-state index in [0.717, 1.165) is 57.6 Å². The van der Waals surface area contributed by atoms with Crippen molar-refractivity contribution in [1.29, 1.82) is 0 Å². The third-order valence-corrected chi connectivity index (χ3v) is 22.0. The SMILES string of the molecule is Cc1ccc(N(c2ccc3c(c2)Cc2ccccc2-c2ccccc2Cc2cc4c(cc2-3)C2(c3ccccc3-c3ccccc32)c2ccc3oc5ccccc5c3c2-4)c2ccc3c(c2)C(C)(C)c2c4c(c5c(oc6ccccc65)c2-3)-c2ccccc2C4(C)C)cc1. The Hall–Kier alpha value is -10.7. The molecule has 15 aromatic rings. The van der Waals surface area contributed by atoms with E-state index in [0.29, 0.717) is 0 Å². The van der Waals surface area contributed by atoms with Crippen LogP contribution in [-0.4, -0.2) is 0 Å². The first-order valence-electron chi connectivity index (χ1n) is 32.3. The summed E-state index contributed by atoms with van der Waals surface area (Å²) in [5.41, 5.74) is 38.4. The predicted molar refractivity (Wildman–Crippen MR) is 375 cm³/mol. The van der Waals surface area contributed by atoms with E-state index in [1.54, 1.807) is 0 Å². The molecular weight excluding hydrogens is 1100 g/mol. The number of nitrogens with zero attached hydrogens (tertiary/aromatic N) is 1. The molecule has 2 heterocycles. The van der Waals surface area contributed by atoms with E-state index in [-0.39, 0.29) is 10.8 Å². The van der Waals surface area contributed by atoms with Gasteiger partial charge in [0.15, 0.2) is 0 Å². The number of aryl methyl sites for hydroxylation is 1. The lowest BCUT2D eigenvalue weighted by molar-refractivity contribution is 0.600. The minimum atomic E-state index is -0.585. The summed E-state index contributed by atoms with van der Waals surface area (Å²) in [5, 5.41) is 4.73. The Morgan fingerprint density at radius 1 is 0.308 bits per heavy atom. The molecule has 0 radical (unpaired) electrons. The van der Waals surface area contributed by atoms with Gasteiger partial charge in [0.2, 0.25) is 0 Å². The van der Waals surface area contributed by atoms with E-state index in [1.165, 1.54) is 155 Å². The molecule has 0 bridgehead atoms. The van der Waals surface area contributed by atoms with Crippen molar-refractivity contribution in [2.75, 3.05) is 4.90 Å². The number of hydrogen-bond acceptors (Lipinski definition) is 3. The van der Waals surface area contributed by atoms with E-state index in [4.69, 9.17) is 8.83 Å². The summed E-state index contributed by atoms with van der Waals surface area (Å²) in [4.78, 5) is 2.52. The maximum Gasteiger partial charge on any atom is 0.144 e. The van der Waals surface area contributed by atoms with Gasteiger partial charge < -0.3 is 13.7 Å². The first-order valence-corrected chi connectivity index (χ1v) is 32.3. The van der Waals surface area contributed by atoms with Gasteiger partial charge in [-0.05, 0) is 214 Å². The molecule has 5 aliphatic rings. The summed E-state index contributed by atoms with van der Waals surface area (Å²) in [5.74, 6) is 0. The molecule has 0 fully saturated rings. The van der Waals surface area contributed by atoms with Crippen LogP contribution in [0.25, 0.3) is 111 Å². The van der Waals surface area contributed by atoms with Crippen molar-refractivity contribution < 1.29 is 8.83 Å². The summed E-state index contributed by atoms with van der Waals surface area (Å²) in [6.07, 6.45) is 1.48. The minimum Gasteiger partial charge on any atom is -0.456 e. The molecule has 0 atom stereocenters. The van der Waals surface area contributed by atoms with Gasteiger partial charge in [0, 0.05) is 55.0 Å². The second-order valence-corrected chi connectivity index (χ2v) is 27.4. The lowest BCUT2D eigenvalue weighted by Crippen LogP contribution is -2.26. The molecule has 430 valence electrons. The molecule has 0 aliphatic heterocycles. The van der Waals surface area contributed by atoms with Gasteiger partial charge in [-0.2, -0.15) is 0 Å². The molecule has 0 unspecified atom stereocenters. The highest BCUT2D eigenvalue weighted by Gasteiger charge is 2.53. The van der Waals surface area contributed by atoms with Gasteiger partial charge >= 0.3 is 0 Å². The molecule has 0 saturated carbocycles. The fraction of sp³-hybridized carbons (Fsp3) is 0.114. The fourth-order valence-electron chi connectivity index (χ4n) is 18.1. The smallest absolute Gasteiger partial charge is 0.144 e. The third-order valence-electron chi connectivity index (χ3n) is 22.0. The highest BCUT2D eigenvalue weighted by molar-refractivity contribution is 6.21. The second kappa shape index (κ2) is 18.0. The molecule has 1 spiro atoms. The highest BCUT2D eigenvalue weighted by atomic mass is 16.3. The van der Waals surface area contributed by atoms with Crippen molar-refractivity contribution >= 4 is 60.9 Å². The number of anilines is 3. The average Bonchev–Trinajstić information content (AvgIpc) is 1.51. The van der Waals surface area contributed by atoms with Crippen LogP contribution in [0.1, 0.15) is 100 Å². The molecule has 91 heavy (non-hydrogen) atoms. The Bertz CT molecular complexity index is 5700. The summed E-state index contributed by atoms with van der Waals surface area (Å²) in [6.45, 7) is 12.0. The van der Waals surface area contributed by atoms with Crippen LogP contribution in [0.15, 0.2) is 264 Å². The van der Waals surface area contributed by atoms with Crippen LogP contribution in [0.4, 0.5) is 17.1 Å². The lowest BCUT2D eigenvalue weighted by atomic mass is 9.69. The lowest BCUT2D eigenvalue weighted by Gasteiger charge is -2.32. The summed E-state index contributed by atoms with van der Waals surface area (Å²) < 4.78 is 13.9. The van der Waals surface area contributed by atoms with Crippen LogP contribution in [0.3, 0.4) is 0 Å². The zero-order valence-corrected chi connectivity index (χ0v) is 51.4. The topological polar surface area (TPSA) is 29.5 Å². The Kier molecular flexibility index (Phi) is 10.1. The molecule has 3 nitrogen and oxygen atoms in total. The van der Waals surface area contributed by atoms with Crippen LogP contribution in [0, 0.1) is 6.92 Å². The standard InChI is InChI=1S/C88H61NO2/c1-50-34-36-55(37-35-50)89(57-39-41-64-73(48-57)87(4,5)84-82(64)85-81(66-28-14-19-33-76(66)91-85)80-63-26-12-15-29-69(63)86(2,3)83(80)84)56-38-40-60-53(46-56)44-51-20-6-8-22-58(51)59-23-9-7-21-52(59)45-54-47-68-74(49-67(54)60)88(70-30-16-10-24-61(70)62-25-11-17-31-71(62)88)72-42-43-77-79(78(68)72)65-27-13-18-32-75(65)90-77/h6-43,46-49H,44-45H2,1-5H3. The molecule has 0 N–H and O–H groups in total. The Labute approximate surface area is 529 Å². The van der Waals surface area contributed by atoms with Crippen molar-refractivity contribution in [3.8, 4) is 66.8 Å². The molecule has 13 aromatic carbocycles. The van der Waals surface area contributed by atoms with E-state index in [9.17, 15) is 0 Å². The quantitative estimate of drug-likeness (QED) is 0.177. The van der Waals surface area contributed by atoms with Gasteiger partial charge in [-0.15, -0.1) is 0 Å². The Balaban J connectivity index is 0.835. The number of hydrogen-bond donors (Lipinski definition) is 0. The molecule has 3 heteroatoms. The van der Waals surface area contributed by atoms with Gasteiger partial charge in [0.25, 0.3) is 0 Å². The number of benzene rings is 13. The highest BCUT2D eigenvalue weighted by Crippen LogP contribution is 2.67. The molecule has 2 aromatic heterocycles. The van der Waals surface area contributed by atoms with Gasteiger partial charge in [-0.1, -0.05) is 221 Å². The fourth-order valence-corrected chi connectivity index (χ4v) is 18.1.